The molecule has 20 heavy (non-hydrogen) atoms. The minimum absolute atomic E-state index is 0.142. The molecule has 4 heteroatoms. The summed E-state index contributed by atoms with van der Waals surface area (Å²) in [5.74, 6) is -0.199. The molecule has 2 rings (SSSR count). The SMILES string of the molecule is CNC(C)c1ccc(Sc2cc(C)cc(C)n2)c(F)c1. The van der Waals surface area contributed by atoms with E-state index in [1.807, 2.05) is 52.1 Å². The van der Waals surface area contributed by atoms with Gasteiger partial charge >= 0.3 is 0 Å². The number of nitrogens with zero attached hydrogens (tertiary/aromatic N) is 1. The van der Waals surface area contributed by atoms with E-state index in [0.29, 0.717) is 4.90 Å². The van der Waals surface area contributed by atoms with E-state index in [9.17, 15) is 4.39 Å². The summed E-state index contributed by atoms with van der Waals surface area (Å²) in [4.78, 5) is 5.03. The topological polar surface area (TPSA) is 24.9 Å². The third kappa shape index (κ3) is 3.58. The number of benzene rings is 1. The highest BCUT2D eigenvalue weighted by Crippen LogP contribution is 2.30. The van der Waals surface area contributed by atoms with Gasteiger partial charge in [-0.1, -0.05) is 17.8 Å². The standard InChI is InChI=1S/C16H19FN2S/c1-10-7-11(2)19-16(8-10)20-15-6-5-13(9-14(15)17)12(3)18-4/h5-9,12,18H,1-4H3. The molecule has 0 saturated heterocycles. The first-order chi connectivity index (χ1) is 9.49. The predicted molar refractivity (Wildman–Crippen MR) is 81.7 cm³/mol. The van der Waals surface area contributed by atoms with Crippen molar-refractivity contribution < 1.29 is 4.39 Å². The Labute approximate surface area is 123 Å². The number of aromatic nitrogens is 1. The zero-order chi connectivity index (χ0) is 14.7. The number of hydrogen-bond acceptors (Lipinski definition) is 3. The molecule has 1 heterocycles. The number of rotatable bonds is 4. The first-order valence-corrected chi connectivity index (χ1v) is 7.41. The fraction of sp³-hybridized carbons (Fsp3) is 0.312. The Balaban J connectivity index is 2.25. The van der Waals surface area contributed by atoms with Crippen molar-refractivity contribution in [1.29, 1.82) is 0 Å². The van der Waals surface area contributed by atoms with E-state index in [0.717, 1.165) is 21.8 Å². The van der Waals surface area contributed by atoms with Crippen molar-refractivity contribution in [2.75, 3.05) is 7.05 Å². The normalized spacial score (nSPS) is 12.4. The van der Waals surface area contributed by atoms with E-state index in [1.165, 1.54) is 11.8 Å². The van der Waals surface area contributed by atoms with Gasteiger partial charge in [-0.2, -0.15) is 0 Å². The molecule has 0 bridgehead atoms. The van der Waals surface area contributed by atoms with E-state index in [-0.39, 0.29) is 11.9 Å². The van der Waals surface area contributed by atoms with Crippen molar-refractivity contribution in [3.05, 3.63) is 53.0 Å². The molecule has 0 amide bonds. The van der Waals surface area contributed by atoms with E-state index in [4.69, 9.17) is 0 Å². The average Bonchev–Trinajstić information content (AvgIpc) is 2.39. The number of nitrogens with one attached hydrogen (secondary N) is 1. The summed E-state index contributed by atoms with van der Waals surface area (Å²) in [6.07, 6.45) is 0. The number of aryl methyl sites for hydroxylation is 2. The lowest BCUT2D eigenvalue weighted by atomic mass is 10.1. The van der Waals surface area contributed by atoms with E-state index < -0.39 is 0 Å². The van der Waals surface area contributed by atoms with Crippen LogP contribution in [0.4, 0.5) is 4.39 Å². The lowest BCUT2D eigenvalue weighted by Crippen LogP contribution is -2.12. The highest BCUT2D eigenvalue weighted by atomic mass is 32.2. The summed E-state index contributed by atoms with van der Waals surface area (Å²) in [7, 11) is 1.87. The molecule has 0 aliphatic heterocycles. The molecule has 1 aromatic carbocycles. The Hall–Kier alpha value is -1.39. The molecular formula is C16H19FN2S. The molecule has 2 aromatic rings. The maximum atomic E-state index is 14.2. The second-order valence-electron chi connectivity index (χ2n) is 4.93. The summed E-state index contributed by atoms with van der Waals surface area (Å²) >= 11 is 1.36. The van der Waals surface area contributed by atoms with Crippen LogP contribution >= 0.6 is 11.8 Å². The molecule has 0 aliphatic carbocycles. The van der Waals surface area contributed by atoms with Crippen LogP contribution in [0.2, 0.25) is 0 Å². The van der Waals surface area contributed by atoms with Crippen LogP contribution in [0.5, 0.6) is 0 Å². The summed E-state index contributed by atoms with van der Waals surface area (Å²) < 4.78 is 14.2. The lowest BCUT2D eigenvalue weighted by molar-refractivity contribution is 0.587. The Morgan fingerprint density at radius 2 is 1.95 bits per heavy atom. The van der Waals surface area contributed by atoms with Crippen LogP contribution in [0.3, 0.4) is 0 Å². The molecule has 0 fully saturated rings. The van der Waals surface area contributed by atoms with Crippen LogP contribution < -0.4 is 5.32 Å². The summed E-state index contributed by atoms with van der Waals surface area (Å²) in [5.41, 5.74) is 3.04. The predicted octanol–water partition coefficient (Wildman–Crippen LogP) is 4.27. The van der Waals surface area contributed by atoms with Gasteiger partial charge < -0.3 is 5.32 Å². The molecule has 0 aliphatic rings. The molecule has 106 valence electrons. The smallest absolute Gasteiger partial charge is 0.137 e. The Kier molecular flexibility index (Phi) is 4.78. The molecule has 1 atom stereocenters. The van der Waals surface area contributed by atoms with Gasteiger partial charge in [-0.05, 0) is 63.2 Å². The zero-order valence-electron chi connectivity index (χ0n) is 12.2. The largest absolute Gasteiger partial charge is 0.313 e. The van der Waals surface area contributed by atoms with E-state index >= 15 is 0 Å². The Bertz CT molecular complexity index is 593. The molecule has 0 saturated carbocycles. The van der Waals surface area contributed by atoms with Crippen molar-refractivity contribution in [2.24, 2.45) is 0 Å². The van der Waals surface area contributed by atoms with Crippen LogP contribution in [-0.4, -0.2) is 12.0 Å². The van der Waals surface area contributed by atoms with E-state index in [2.05, 4.69) is 10.3 Å². The Morgan fingerprint density at radius 3 is 2.55 bits per heavy atom. The highest BCUT2D eigenvalue weighted by Gasteiger charge is 2.10. The second-order valence-corrected chi connectivity index (χ2v) is 5.99. The van der Waals surface area contributed by atoms with Crippen LogP contribution in [0.1, 0.15) is 29.8 Å². The van der Waals surface area contributed by atoms with Crippen molar-refractivity contribution in [3.63, 3.8) is 0 Å². The monoisotopic (exact) mass is 290 g/mol. The van der Waals surface area contributed by atoms with Crippen LogP contribution in [0.15, 0.2) is 40.3 Å². The van der Waals surface area contributed by atoms with Crippen LogP contribution in [0.25, 0.3) is 0 Å². The molecule has 2 nitrogen and oxygen atoms in total. The molecule has 1 aromatic heterocycles. The zero-order valence-corrected chi connectivity index (χ0v) is 13.0. The minimum Gasteiger partial charge on any atom is -0.313 e. The van der Waals surface area contributed by atoms with Gasteiger partial charge in [0, 0.05) is 16.6 Å². The van der Waals surface area contributed by atoms with Gasteiger partial charge in [-0.15, -0.1) is 0 Å². The van der Waals surface area contributed by atoms with Gasteiger partial charge in [0.1, 0.15) is 10.8 Å². The summed E-state index contributed by atoms with van der Waals surface area (Å²) in [5, 5.41) is 3.94. The highest BCUT2D eigenvalue weighted by molar-refractivity contribution is 7.99. The van der Waals surface area contributed by atoms with Gasteiger partial charge in [-0.3, -0.25) is 0 Å². The van der Waals surface area contributed by atoms with E-state index in [1.54, 1.807) is 6.07 Å². The number of halogens is 1. The number of pyridine rings is 1. The van der Waals surface area contributed by atoms with Gasteiger partial charge in [0.2, 0.25) is 0 Å². The summed E-state index contributed by atoms with van der Waals surface area (Å²) in [6, 6.07) is 9.49. The molecule has 0 spiro atoms. The van der Waals surface area contributed by atoms with Gasteiger partial charge in [0.25, 0.3) is 0 Å². The number of hydrogen-bond donors (Lipinski definition) is 1. The van der Waals surface area contributed by atoms with Crippen molar-refractivity contribution in [1.82, 2.24) is 10.3 Å². The van der Waals surface area contributed by atoms with Crippen molar-refractivity contribution >= 4 is 11.8 Å². The maximum Gasteiger partial charge on any atom is 0.137 e. The molecule has 1 N–H and O–H groups in total. The fourth-order valence-corrected chi connectivity index (χ4v) is 2.96. The third-order valence-corrected chi connectivity index (χ3v) is 4.15. The Morgan fingerprint density at radius 1 is 1.20 bits per heavy atom. The lowest BCUT2D eigenvalue weighted by Gasteiger charge is -2.12. The first-order valence-electron chi connectivity index (χ1n) is 6.59. The molecule has 1 unspecified atom stereocenters. The van der Waals surface area contributed by atoms with Crippen molar-refractivity contribution in [3.8, 4) is 0 Å². The average molecular weight is 290 g/mol. The molecular weight excluding hydrogens is 271 g/mol. The summed E-state index contributed by atoms with van der Waals surface area (Å²) in [6.45, 7) is 5.98. The molecule has 0 radical (unpaired) electrons. The van der Waals surface area contributed by atoms with Crippen molar-refractivity contribution in [2.45, 2.75) is 36.7 Å². The van der Waals surface area contributed by atoms with Gasteiger partial charge in [0.15, 0.2) is 0 Å². The van der Waals surface area contributed by atoms with Gasteiger partial charge in [-0.25, -0.2) is 9.37 Å². The second kappa shape index (κ2) is 6.37. The first kappa shape index (κ1) is 15.0. The maximum absolute atomic E-state index is 14.2. The van der Waals surface area contributed by atoms with Gasteiger partial charge in [0.05, 0.1) is 0 Å². The quantitative estimate of drug-likeness (QED) is 0.910. The van der Waals surface area contributed by atoms with Crippen LogP contribution in [0, 0.1) is 19.7 Å². The third-order valence-electron chi connectivity index (χ3n) is 3.18. The minimum atomic E-state index is -0.199. The van der Waals surface area contributed by atoms with Crippen LogP contribution in [-0.2, 0) is 0 Å². The fourth-order valence-electron chi connectivity index (χ4n) is 2.01.